The smallest absolute Gasteiger partial charge is 0.164 e. The number of aromatic nitrogens is 3. The van der Waals surface area contributed by atoms with Crippen LogP contribution in [0.1, 0.15) is 11.1 Å². The van der Waals surface area contributed by atoms with Crippen LogP contribution in [0.2, 0.25) is 0 Å². The first-order chi connectivity index (χ1) is 20.8. The number of para-hydroxylation sites is 1. The van der Waals surface area contributed by atoms with Crippen molar-refractivity contribution in [2.24, 2.45) is 0 Å². The van der Waals surface area contributed by atoms with Crippen molar-refractivity contribution < 1.29 is 0 Å². The predicted octanol–water partition coefficient (Wildman–Crippen LogP) is 9.04. The molecular formula is C38H26N4. The van der Waals surface area contributed by atoms with Crippen LogP contribution in [0.3, 0.4) is 0 Å². The third-order valence-electron chi connectivity index (χ3n) is 7.97. The number of anilines is 1. The highest BCUT2D eigenvalue weighted by Gasteiger charge is 2.17. The van der Waals surface area contributed by atoms with E-state index >= 15 is 0 Å². The van der Waals surface area contributed by atoms with E-state index in [4.69, 9.17) is 15.0 Å². The van der Waals surface area contributed by atoms with E-state index in [9.17, 15) is 0 Å². The van der Waals surface area contributed by atoms with E-state index in [1.54, 1.807) is 0 Å². The van der Waals surface area contributed by atoms with Gasteiger partial charge in [-0.15, -0.1) is 0 Å². The first-order valence-corrected chi connectivity index (χ1v) is 14.2. The maximum Gasteiger partial charge on any atom is 0.164 e. The normalized spacial score (nSPS) is 12.5. The molecule has 0 spiro atoms. The molecule has 0 amide bonds. The van der Waals surface area contributed by atoms with Crippen molar-refractivity contribution in [3.8, 4) is 34.2 Å². The summed E-state index contributed by atoms with van der Waals surface area (Å²) in [5.74, 6) is 1.99. The molecule has 4 nitrogen and oxygen atoms in total. The van der Waals surface area contributed by atoms with Crippen molar-refractivity contribution in [3.05, 3.63) is 151 Å². The van der Waals surface area contributed by atoms with Crippen LogP contribution in [0.25, 0.3) is 61.3 Å². The van der Waals surface area contributed by atoms with E-state index in [2.05, 4.69) is 145 Å². The van der Waals surface area contributed by atoms with Crippen LogP contribution in [-0.2, 0) is 0 Å². The summed E-state index contributed by atoms with van der Waals surface area (Å²) in [4.78, 5) is 15.2. The van der Waals surface area contributed by atoms with E-state index in [0.29, 0.717) is 17.5 Å². The van der Waals surface area contributed by atoms with Crippen LogP contribution >= 0.6 is 0 Å². The van der Waals surface area contributed by atoms with E-state index in [1.807, 2.05) is 0 Å². The Balaban J connectivity index is 1.29. The molecule has 0 atom stereocenters. The molecule has 0 bridgehead atoms. The van der Waals surface area contributed by atoms with Gasteiger partial charge in [0.25, 0.3) is 0 Å². The van der Waals surface area contributed by atoms with Crippen LogP contribution in [0, 0.1) is 0 Å². The molecule has 0 radical (unpaired) electrons. The lowest BCUT2D eigenvalue weighted by atomic mass is 9.93. The maximum atomic E-state index is 5.08. The van der Waals surface area contributed by atoms with Crippen LogP contribution in [0.4, 0.5) is 5.69 Å². The molecule has 1 aromatic heterocycles. The third kappa shape index (κ3) is 4.21. The molecule has 0 fully saturated rings. The number of rotatable bonds is 4. The molecule has 0 aliphatic carbocycles. The fourth-order valence-corrected chi connectivity index (χ4v) is 5.90. The molecule has 0 unspecified atom stereocenters. The lowest BCUT2D eigenvalue weighted by Gasteiger charge is -2.19. The van der Waals surface area contributed by atoms with Crippen LogP contribution in [-0.4, -0.2) is 21.5 Å². The summed E-state index contributed by atoms with van der Waals surface area (Å²) >= 11 is 0. The van der Waals surface area contributed by atoms with Crippen molar-refractivity contribution >= 4 is 32.8 Å². The molecule has 2 heterocycles. The van der Waals surface area contributed by atoms with E-state index in [0.717, 1.165) is 50.5 Å². The first kappa shape index (κ1) is 24.2. The van der Waals surface area contributed by atoms with E-state index in [-0.39, 0.29) is 0 Å². The van der Waals surface area contributed by atoms with Gasteiger partial charge >= 0.3 is 0 Å². The van der Waals surface area contributed by atoms with Crippen LogP contribution in [0.15, 0.2) is 140 Å². The Morgan fingerprint density at radius 1 is 0.429 bits per heavy atom. The highest BCUT2D eigenvalue weighted by atomic mass is 15.0. The molecule has 8 rings (SSSR count). The number of fused-ring (bicyclic) bond motifs is 3. The molecule has 0 saturated heterocycles. The van der Waals surface area contributed by atoms with Crippen molar-refractivity contribution in [1.82, 2.24) is 15.0 Å². The van der Waals surface area contributed by atoms with Crippen molar-refractivity contribution in [2.45, 2.75) is 0 Å². The Kier molecular flexibility index (Phi) is 5.82. The lowest BCUT2D eigenvalue weighted by Crippen LogP contribution is -2.08. The summed E-state index contributed by atoms with van der Waals surface area (Å²) in [6, 6.07) is 46.4. The molecule has 42 heavy (non-hydrogen) atoms. The summed E-state index contributed by atoms with van der Waals surface area (Å²) in [5, 5.41) is 8.01. The van der Waals surface area contributed by atoms with Gasteiger partial charge in [0, 0.05) is 34.5 Å². The van der Waals surface area contributed by atoms with Crippen LogP contribution < -0.4 is 5.32 Å². The minimum Gasteiger partial charge on any atom is -0.381 e. The summed E-state index contributed by atoms with van der Waals surface area (Å²) < 4.78 is 0. The zero-order valence-electron chi connectivity index (χ0n) is 22.8. The minimum absolute atomic E-state index is 0.655. The SMILES string of the molecule is C1=C(c2ccc(-c3nc(-c4cccc5ccccc45)nc(-c4cccc5ccccc45)n3)cc2)c2ccccc2NC1. The topological polar surface area (TPSA) is 50.7 Å². The highest BCUT2D eigenvalue weighted by Crippen LogP contribution is 2.35. The fourth-order valence-electron chi connectivity index (χ4n) is 5.90. The van der Waals surface area contributed by atoms with Crippen LogP contribution in [0.5, 0.6) is 0 Å². The van der Waals surface area contributed by atoms with Gasteiger partial charge in [0.1, 0.15) is 0 Å². The number of nitrogens with zero attached hydrogens (tertiary/aromatic N) is 3. The molecule has 6 aromatic carbocycles. The zero-order chi connectivity index (χ0) is 27.9. The highest BCUT2D eigenvalue weighted by molar-refractivity contribution is 5.97. The molecule has 1 aliphatic heterocycles. The zero-order valence-corrected chi connectivity index (χ0v) is 22.8. The lowest BCUT2D eigenvalue weighted by molar-refractivity contribution is 1.08. The fraction of sp³-hybridized carbons (Fsp3) is 0.0263. The Morgan fingerprint density at radius 3 is 1.60 bits per heavy atom. The van der Waals surface area contributed by atoms with E-state index in [1.165, 1.54) is 16.7 Å². The van der Waals surface area contributed by atoms with Crippen molar-refractivity contribution in [2.75, 3.05) is 11.9 Å². The standard InChI is InChI=1S/C38H26N4/c1-3-13-29-25(9-1)11-7-16-33(29)37-40-36(41-38(42-37)34-17-8-12-26-10-2-4-14-30(26)34)28-21-19-27(20-22-28)31-23-24-39-35-18-6-5-15-32(31)35/h1-23,39H,24H2. The number of hydrogen-bond acceptors (Lipinski definition) is 4. The summed E-state index contributed by atoms with van der Waals surface area (Å²) in [6.07, 6.45) is 2.25. The quantitative estimate of drug-likeness (QED) is 0.243. The summed E-state index contributed by atoms with van der Waals surface area (Å²) in [6.45, 7) is 0.810. The number of benzene rings is 6. The number of hydrogen-bond donors (Lipinski definition) is 1. The van der Waals surface area contributed by atoms with E-state index < -0.39 is 0 Å². The van der Waals surface area contributed by atoms with Gasteiger partial charge in [-0.25, -0.2) is 15.0 Å². The van der Waals surface area contributed by atoms with Gasteiger partial charge in [0.05, 0.1) is 0 Å². The van der Waals surface area contributed by atoms with Gasteiger partial charge in [0.15, 0.2) is 17.5 Å². The number of nitrogens with one attached hydrogen (secondary N) is 1. The van der Waals surface area contributed by atoms with Gasteiger partial charge < -0.3 is 5.32 Å². The molecular weight excluding hydrogens is 512 g/mol. The largest absolute Gasteiger partial charge is 0.381 e. The first-order valence-electron chi connectivity index (χ1n) is 14.2. The third-order valence-corrected chi connectivity index (χ3v) is 7.97. The van der Waals surface area contributed by atoms with Gasteiger partial charge in [-0.3, -0.25) is 0 Å². The molecule has 1 N–H and O–H groups in total. The van der Waals surface area contributed by atoms with Gasteiger partial charge in [0.2, 0.25) is 0 Å². The second-order valence-electron chi connectivity index (χ2n) is 10.5. The Labute approximate surface area is 244 Å². The average molecular weight is 539 g/mol. The molecule has 1 aliphatic rings. The molecule has 0 saturated carbocycles. The maximum absolute atomic E-state index is 5.08. The van der Waals surface area contributed by atoms with Crippen molar-refractivity contribution in [1.29, 1.82) is 0 Å². The second-order valence-corrected chi connectivity index (χ2v) is 10.5. The molecule has 7 aromatic rings. The Bertz CT molecular complexity index is 2040. The Hall–Kier alpha value is -5.61. The second kappa shape index (κ2) is 10.1. The average Bonchev–Trinajstić information content (AvgIpc) is 3.07. The molecule has 4 heteroatoms. The monoisotopic (exact) mass is 538 g/mol. The van der Waals surface area contributed by atoms with Crippen molar-refractivity contribution in [3.63, 3.8) is 0 Å². The van der Waals surface area contributed by atoms with Gasteiger partial charge in [-0.05, 0) is 38.7 Å². The Morgan fingerprint density at radius 2 is 0.929 bits per heavy atom. The van der Waals surface area contributed by atoms with Gasteiger partial charge in [-0.2, -0.15) is 0 Å². The summed E-state index contributed by atoms with van der Waals surface area (Å²) in [7, 11) is 0. The minimum atomic E-state index is 0.655. The molecule has 198 valence electrons. The van der Waals surface area contributed by atoms with Gasteiger partial charge in [-0.1, -0.05) is 133 Å². The predicted molar refractivity (Wildman–Crippen MR) is 173 cm³/mol. The summed E-state index contributed by atoms with van der Waals surface area (Å²) in [5.41, 5.74) is 7.72.